The van der Waals surface area contributed by atoms with Gasteiger partial charge in [-0.05, 0) is 53.9 Å². The highest BCUT2D eigenvalue weighted by atomic mass is 16.5. The fraction of sp³-hybridized carbons (Fsp3) is 0.280. The van der Waals surface area contributed by atoms with Gasteiger partial charge in [0.05, 0.1) is 0 Å². The summed E-state index contributed by atoms with van der Waals surface area (Å²) < 4.78 is 10.9. The average Bonchev–Trinajstić information content (AvgIpc) is 3.30. The summed E-state index contributed by atoms with van der Waals surface area (Å²) in [4.78, 5) is 35.3. The first-order chi connectivity index (χ1) is 16.2. The van der Waals surface area contributed by atoms with Crippen LogP contribution in [0.2, 0.25) is 0 Å². The summed E-state index contributed by atoms with van der Waals surface area (Å²) in [5.74, 6) is -1.37. The van der Waals surface area contributed by atoms with E-state index < -0.39 is 18.0 Å². The number of hydrogen-bond acceptors (Lipinski definition) is 7. The van der Waals surface area contributed by atoms with Crippen LogP contribution in [0.15, 0.2) is 52.9 Å². The Morgan fingerprint density at radius 1 is 0.941 bits per heavy atom. The maximum atomic E-state index is 12.5. The summed E-state index contributed by atoms with van der Waals surface area (Å²) in [6.45, 7) is 0. The number of Topliss-reactive ketones (excluding diaryl/α,β-unsaturated/α-hetero) is 1. The highest BCUT2D eigenvalue weighted by Crippen LogP contribution is 2.24. The molecule has 178 valence electrons. The normalized spacial score (nSPS) is 11.8. The van der Waals surface area contributed by atoms with E-state index in [1.165, 1.54) is 12.1 Å². The molecule has 0 fully saturated rings. The van der Waals surface area contributed by atoms with Crippen molar-refractivity contribution in [3.05, 3.63) is 65.6 Å². The molecule has 0 aliphatic heterocycles. The number of aliphatic carboxylic acids is 1. The zero-order valence-electron chi connectivity index (χ0n) is 18.6. The van der Waals surface area contributed by atoms with Gasteiger partial charge in [-0.3, -0.25) is 15.0 Å². The Morgan fingerprint density at radius 2 is 1.62 bits per heavy atom. The monoisotopic (exact) mass is 465 g/mol. The van der Waals surface area contributed by atoms with Gasteiger partial charge in [-0.1, -0.05) is 31.0 Å². The fourth-order valence-corrected chi connectivity index (χ4v) is 3.49. The second-order valence-electron chi connectivity index (χ2n) is 7.98. The Labute approximate surface area is 196 Å². The summed E-state index contributed by atoms with van der Waals surface area (Å²) in [7, 11) is 0. The van der Waals surface area contributed by atoms with Gasteiger partial charge < -0.3 is 25.7 Å². The third kappa shape index (κ3) is 6.52. The molecule has 0 saturated heterocycles. The first-order valence-electron chi connectivity index (χ1n) is 10.9. The lowest BCUT2D eigenvalue weighted by molar-refractivity contribution is -0.137. The van der Waals surface area contributed by atoms with Crippen LogP contribution in [0.25, 0.3) is 10.8 Å². The molecule has 0 bridgehead atoms. The van der Waals surface area contributed by atoms with E-state index in [9.17, 15) is 14.4 Å². The largest absolute Gasteiger partial charge is 0.481 e. The van der Waals surface area contributed by atoms with Crippen molar-refractivity contribution >= 4 is 34.3 Å². The summed E-state index contributed by atoms with van der Waals surface area (Å²) >= 11 is 0. The topological polar surface area (TPSA) is 170 Å². The third-order valence-corrected chi connectivity index (χ3v) is 5.38. The van der Waals surface area contributed by atoms with Crippen LogP contribution in [0.1, 0.15) is 66.4 Å². The first-order valence-corrected chi connectivity index (χ1v) is 10.9. The molecule has 0 amide bonds. The van der Waals surface area contributed by atoms with Gasteiger partial charge in [-0.25, -0.2) is 4.79 Å². The molecule has 3 rings (SSSR count). The van der Waals surface area contributed by atoms with Crippen LogP contribution in [0.3, 0.4) is 0 Å². The number of nitrogens with one attached hydrogen (secondary N) is 1. The van der Waals surface area contributed by atoms with Gasteiger partial charge in [0.1, 0.15) is 23.4 Å². The predicted molar refractivity (Wildman–Crippen MR) is 126 cm³/mol. The molecule has 0 radical (unpaired) electrons. The van der Waals surface area contributed by atoms with Crippen molar-refractivity contribution in [1.82, 2.24) is 0 Å². The van der Waals surface area contributed by atoms with E-state index in [1.54, 1.807) is 36.4 Å². The number of nitrogens with two attached hydrogens (primary N) is 2. The number of carbonyl (C=O) groups is 3. The maximum absolute atomic E-state index is 12.5. The van der Waals surface area contributed by atoms with E-state index in [4.69, 9.17) is 31.1 Å². The van der Waals surface area contributed by atoms with Crippen LogP contribution >= 0.6 is 0 Å². The minimum atomic E-state index is -0.989. The van der Waals surface area contributed by atoms with E-state index in [-0.39, 0.29) is 36.0 Å². The highest BCUT2D eigenvalue weighted by Gasteiger charge is 2.22. The van der Waals surface area contributed by atoms with E-state index >= 15 is 0 Å². The molecule has 0 aliphatic rings. The van der Waals surface area contributed by atoms with Crippen molar-refractivity contribution < 1.29 is 28.6 Å². The number of furan rings is 1. The zero-order chi connectivity index (χ0) is 24.7. The lowest BCUT2D eigenvalue weighted by Gasteiger charge is -2.08. The minimum Gasteiger partial charge on any atom is -0.481 e. The predicted octanol–water partition coefficient (Wildman–Crippen LogP) is 3.93. The van der Waals surface area contributed by atoms with Gasteiger partial charge in [0.15, 0.2) is 5.78 Å². The van der Waals surface area contributed by atoms with Crippen molar-refractivity contribution in [1.29, 1.82) is 5.41 Å². The molecule has 2 aromatic carbocycles. The minimum absolute atomic E-state index is 0.0292. The number of rotatable bonds is 12. The molecular weight excluding hydrogens is 438 g/mol. The SMILES string of the molecule is N=C(N)c1ccc2cc(OC(=O)c3ccc(C(N)C(=O)CCCCCCC(=O)O)o3)ccc2c1. The van der Waals surface area contributed by atoms with Gasteiger partial charge in [0, 0.05) is 18.4 Å². The number of unbranched alkanes of at least 4 members (excludes halogenated alkanes) is 3. The standard InChI is InChI=1S/C25H27N3O6/c26-23(19(29)5-3-1-2-4-6-22(30)31)20-11-12-21(34-20)25(32)33-18-10-9-15-13-17(24(27)28)8-7-16(15)14-18/h7-14,23H,1-6,26H2,(H3,27,28)(H,30,31). The number of esters is 1. The number of amidine groups is 1. The lowest BCUT2D eigenvalue weighted by Crippen LogP contribution is -2.20. The smallest absolute Gasteiger partial charge is 0.379 e. The molecule has 0 spiro atoms. The van der Waals surface area contributed by atoms with Crippen molar-refractivity contribution in [2.45, 2.75) is 44.6 Å². The van der Waals surface area contributed by atoms with E-state index in [0.717, 1.165) is 23.6 Å². The second-order valence-corrected chi connectivity index (χ2v) is 7.98. The fourth-order valence-electron chi connectivity index (χ4n) is 3.49. The number of carboxylic acid groups (broad SMARTS) is 1. The Balaban J connectivity index is 1.55. The number of carbonyl (C=O) groups excluding carboxylic acids is 2. The average molecular weight is 466 g/mol. The second kappa shape index (κ2) is 11.2. The highest BCUT2D eigenvalue weighted by molar-refractivity contribution is 5.99. The molecule has 0 saturated carbocycles. The summed E-state index contributed by atoms with van der Waals surface area (Å²) in [6.07, 6.45) is 3.03. The Morgan fingerprint density at radius 3 is 2.32 bits per heavy atom. The molecule has 1 unspecified atom stereocenters. The molecular formula is C25H27N3O6. The number of benzene rings is 2. The van der Waals surface area contributed by atoms with Gasteiger partial charge in [-0.2, -0.15) is 0 Å². The van der Waals surface area contributed by atoms with Gasteiger partial charge in [-0.15, -0.1) is 0 Å². The number of ketones is 1. The molecule has 34 heavy (non-hydrogen) atoms. The molecule has 1 atom stereocenters. The Hall–Kier alpha value is -3.98. The molecule has 6 N–H and O–H groups in total. The van der Waals surface area contributed by atoms with E-state index in [2.05, 4.69) is 0 Å². The lowest BCUT2D eigenvalue weighted by atomic mass is 10.0. The summed E-state index contributed by atoms with van der Waals surface area (Å²) in [5, 5.41) is 17.8. The molecule has 9 heteroatoms. The van der Waals surface area contributed by atoms with Crippen LogP contribution in [-0.4, -0.2) is 28.7 Å². The van der Waals surface area contributed by atoms with E-state index in [1.807, 2.05) is 0 Å². The van der Waals surface area contributed by atoms with Gasteiger partial charge in [0.2, 0.25) is 5.76 Å². The molecule has 9 nitrogen and oxygen atoms in total. The summed E-state index contributed by atoms with van der Waals surface area (Å²) in [6, 6.07) is 12.2. The summed E-state index contributed by atoms with van der Waals surface area (Å²) in [5.41, 5.74) is 12.1. The number of nitrogen functional groups attached to an aromatic ring is 1. The van der Waals surface area contributed by atoms with Crippen LogP contribution in [0.4, 0.5) is 0 Å². The number of fused-ring (bicyclic) bond motifs is 1. The number of carboxylic acids is 1. The van der Waals surface area contributed by atoms with Gasteiger partial charge in [0.25, 0.3) is 0 Å². The first kappa shape index (κ1) is 24.7. The van der Waals surface area contributed by atoms with Crippen LogP contribution in [0.5, 0.6) is 5.75 Å². The van der Waals surface area contributed by atoms with Crippen molar-refractivity contribution in [3.63, 3.8) is 0 Å². The van der Waals surface area contributed by atoms with Crippen LogP contribution < -0.4 is 16.2 Å². The van der Waals surface area contributed by atoms with Gasteiger partial charge >= 0.3 is 11.9 Å². The quantitative estimate of drug-likeness (QED) is 0.102. The molecule has 1 heterocycles. The Kier molecular flexibility index (Phi) is 8.15. The van der Waals surface area contributed by atoms with Crippen LogP contribution in [-0.2, 0) is 9.59 Å². The van der Waals surface area contributed by atoms with Crippen molar-refractivity contribution in [2.75, 3.05) is 0 Å². The van der Waals surface area contributed by atoms with Crippen molar-refractivity contribution in [3.8, 4) is 5.75 Å². The zero-order valence-corrected chi connectivity index (χ0v) is 18.6. The molecule has 3 aromatic rings. The number of hydrogen-bond donors (Lipinski definition) is 4. The third-order valence-electron chi connectivity index (χ3n) is 5.38. The van der Waals surface area contributed by atoms with Crippen molar-refractivity contribution in [2.24, 2.45) is 11.5 Å². The van der Waals surface area contributed by atoms with E-state index in [0.29, 0.717) is 24.2 Å². The number of ether oxygens (including phenoxy) is 1. The van der Waals surface area contributed by atoms with Crippen LogP contribution in [0, 0.1) is 5.41 Å². The maximum Gasteiger partial charge on any atom is 0.379 e. The molecule has 1 aromatic heterocycles. The Bertz CT molecular complexity index is 1220. The molecule has 0 aliphatic carbocycles.